The number of hydrogen-bond acceptors (Lipinski definition) is 4. The number of rotatable bonds is 9. The molecule has 0 atom stereocenters. The summed E-state index contributed by atoms with van der Waals surface area (Å²) in [5.74, 6) is -0.654. The van der Waals surface area contributed by atoms with Crippen LogP contribution in [0.5, 0.6) is 5.75 Å². The van der Waals surface area contributed by atoms with E-state index >= 15 is 0 Å². The van der Waals surface area contributed by atoms with E-state index in [0.717, 1.165) is 15.9 Å². The Morgan fingerprint density at radius 3 is 2.38 bits per heavy atom. The van der Waals surface area contributed by atoms with E-state index in [1.807, 2.05) is 13.0 Å². The molecule has 0 aliphatic heterocycles. The van der Waals surface area contributed by atoms with Crippen molar-refractivity contribution in [1.82, 2.24) is 4.31 Å². The van der Waals surface area contributed by atoms with Gasteiger partial charge in [0.1, 0.15) is 11.6 Å². The number of nitrogens with one attached hydrogen (secondary N) is 1. The molecular weight excluding hydrogens is 455 g/mol. The van der Waals surface area contributed by atoms with Crippen LogP contribution in [0.2, 0.25) is 5.02 Å². The topological polar surface area (TPSA) is 75.7 Å². The molecule has 0 aromatic heterocycles. The molecule has 0 aliphatic rings. The van der Waals surface area contributed by atoms with Gasteiger partial charge in [-0.05, 0) is 55.0 Å². The highest BCUT2D eigenvalue weighted by molar-refractivity contribution is 7.89. The number of ether oxygens (including phenoxy) is 1. The lowest BCUT2D eigenvalue weighted by Gasteiger charge is -2.22. The molecule has 0 radical (unpaired) electrons. The molecule has 3 rings (SSSR count). The molecule has 0 saturated carbocycles. The van der Waals surface area contributed by atoms with Crippen LogP contribution < -0.4 is 10.1 Å². The van der Waals surface area contributed by atoms with Gasteiger partial charge in [-0.15, -0.1) is 0 Å². The molecule has 9 heteroatoms. The van der Waals surface area contributed by atoms with Gasteiger partial charge < -0.3 is 10.1 Å². The van der Waals surface area contributed by atoms with Gasteiger partial charge in [-0.1, -0.05) is 41.9 Å². The highest BCUT2D eigenvalue weighted by atomic mass is 35.5. The Balaban J connectivity index is 1.85. The number of halogens is 2. The average molecular weight is 477 g/mol. The summed E-state index contributed by atoms with van der Waals surface area (Å²) in [5, 5.41) is 2.41. The van der Waals surface area contributed by atoms with E-state index in [9.17, 15) is 17.6 Å². The third-order valence-corrected chi connectivity index (χ3v) is 6.59. The minimum absolute atomic E-state index is 0.00597. The van der Waals surface area contributed by atoms with Crippen LogP contribution in [0.25, 0.3) is 0 Å². The predicted octanol–water partition coefficient (Wildman–Crippen LogP) is 4.71. The summed E-state index contributed by atoms with van der Waals surface area (Å²) in [4.78, 5) is 12.7. The molecule has 0 aliphatic carbocycles. The lowest BCUT2D eigenvalue weighted by Crippen LogP contribution is -2.37. The van der Waals surface area contributed by atoms with Gasteiger partial charge in [0.25, 0.3) is 0 Å². The fourth-order valence-electron chi connectivity index (χ4n) is 2.97. The summed E-state index contributed by atoms with van der Waals surface area (Å²) >= 11 is 5.76. The highest BCUT2D eigenvalue weighted by Crippen LogP contribution is 2.23. The molecule has 1 amide bonds. The smallest absolute Gasteiger partial charge is 0.243 e. The van der Waals surface area contributed by atoms with E-state index in [1.165, 1.54) is 24.3 Å². The normalized spacial score (nSPS) is 11.4. The number of hydrogen-bond donors (Lipinski definition) is 1. The lowest BCUT2D eigenvalue weighted by molar-refractivity contribution is -0.116. The maximum Gasteiger partial charge on any atom is 0.243 e. The molecule has 168 valence electrons. The summed E-state index contributed by atoms with van der Waals surface area (Å²) in [7, 11) is -4.00. The fourth-order valence-corrected chi connectivity index (χ4v) is 4.54. The van der Waals surface area contributed by atoms with Gasteiger partial charge in [0.15, 0.2) is 0 Å². The molecule has 0 saturated heterocycles. The largest absolute Gasteiger partial charge is 0.494 e. The van der Waals surface area contributed by atoms with E-state index in [-0.39, 0.29) is 22.2 Å². The van der Waals surface area contributed by atoms with Crippen molar-refractivity contribution in [2.45, 2.75) is 18.4 Å². The van der Waals surface area contributed by atoms with Crippen LogP contribution in [0.1, 0.15) is 12.5 Å². The molecule has 0 spiro atoms. The maximum absolute atomic E-state index is 13.4. The van der Waals surface area contributed by atoms with Crippen molar-refractivity contribution in [3.8, 4) is 5.75 Å². The Hall–Kier alpha value is -2.94. The first-order valence-corrected chi connectivity index (χ1v) is 11.6. The summed E-state index contributed by atoms with van der Waals surface area (Å²) in [6, 6.07) is 18.7. The van der Waals surface area contributed by atoms with Gasteiger partial charge in [-0.25, -0.2) is 12.8 Å². The Labute approximate surface area is 191 Å². The van der Waals surface area contributed by atoms with Gasteiger partial charge in [-0.2, -0.15) is 4.31 Å². The molecule has 1 N–H and O–H groups in total. The third-order valence-electron chi connectivity index (χ3n) is 4.50. The van der Waals surface area contributed by atoms with Gasteiger partial charge in [0.2, 0.25) is 15.9 Å². The van der Waals surface area contributed by atoms with Gasteiger partial charge >= 0.3 is 0 Å². The van der Waals surface area contributed by atoms with E-state index in [2.05, 4.69) is 5.32 Å². The van der Waals surface area contributed by atoms with Gasteiger partial charge in [0, 0.05) is 12.2 Å². The monoisotopic (exact) mass is 476 g/mol. The third kappa shape index (κ3) is 6.06. The van der Waals surface area contributed by atoms with Crippen LogP contribution in [-0.2, 0) is 21.4 Å². The van der Waals surface area contributed by atoms with Crippen molar-refractivity contribution in [1.29, 1.82) is 0 Å². The summed E-state index contributed by atoms with van der Waals surface area (Å²) in [6.45, 7) is 1.84. The zero-order valence-electron chi connectivity index (χ0n) is 17.3. The standard InChI is InChI=1S/C23H22ClFN2O4S/c1-2-31-19-9-11-20(12-10-19)32(29,30)27(15-17-6-4-3-5-7-17)16-23(28)26-18-8-13-22(25)21(24)14-18/h3-14H,2,15-16H2,1H3,(H,26,28). The van der Waals surface area contributed by atoms with Crippen LogP contribution in [0.4, 0.5) is 10.1 Å². The number of benzene rings is 3. The minimum Gasteiger partial charge on any atom is -0.494 e. The van der Waals surface area contributed by atoms with Crippen molar-refractivity contribution in [3.05, 3.63) is 89.2 Å². The molecule has 0 heterocycles. The van der Waals surface area contributed by atoms with Crippen LogP contribution in [0.15, 0.2) is 77.7 Å². The Morgan fingerprint density at radius 2 is 1.75 bits per heavy atom. The average Bonchev–Trinajstić information content (AvgIpc) is 2.77. The van der Waals surface area contributed by atoms with E-state index < -0.39 is 28.3 Å². The van der Waals surface area contributed by atoms with Crippen molar-refractivity contribution in [3.63, 3.8) is 0 Å². The summed E-state index contributed by atoms with van der Waals surface area (Å²) < 4.78 is 46.5. The fraction of sp³-hybridized carbons (Fsp3) is 0.174. The second-order valence-corrected chi connectivity index (χ2v) is 9.19. The number of carbonyl (C=O) groups excluding carboxylic acids is 1. The van der Waals surface area contributed by atoms with Crippen molar-refractivity contribution in [2.24, 2.45) is 0 Å². The Morgan fingerprint density at radius 1 is 1.06 bits per heavy atom. The minimum atomic E-state index is -4.00. The molecule has 3 aromatic rings. The maximum atomic E-state index is 13.4. The first-order valence-electron chi connectivity index (χ1n) is 9.81. The zero-order chi connectivity index (χ0) is 23.1. The Bertz CT molecular complexity index is 1170. The first kappa shape index (κ1) is 23.7. The first-order chi connectivity index (χ1) is 15.3. The lowest BCUT2D eigenvalue weighted by atomic mass is 10.2. The van der Waals surface area contributed by atoms with Crippen LogP contribution in [0.3, 0.4) is 0 Å². The number of amides is 1. The van der Waals surface area contributed by atoms with Gasteiger partial charge in [0.05, 0.1) is 23.1 Å². The quantitative estimate of drug-likeness (QED) is 0.485. The van der Waals surface area contributed by atoms with Crippen molar-refractivity contribution >= 4 is 33.2 Å². The zero-order valence-corrected chi connectivity index (χ0v) is 18.9. The second kappa shape index (κ2) is 10.6. The highest BCUT2D eigenvalue weighted by Gasteiger charge is 2.27. The van der Waals surface area contributed by atoms with E-state index in [0.29, 0.717) is 12.4 Å². The number of carbonyl (C=O) groups is 1. The molecule has 3 aromatic carbocycles. The van der Waals surface area contributed by atoms with Crippen molar-refractivity contribution in [2.75, 3.05) is 18.5 Å². The van der Waals surface area contributed by atoms with Crippen molar-refractivity contribution < 1.29 is 22.3 Å². The summed E-state index contributed by atoms with van der Waals surface area (Å²) in [6.07, 6.45) is 0. The predicted molar refractivity (Wildman–Crippen MR) is 122 cm³/mol. The molecular formula is C23H22ClFN2O4S. The molecule has 0 fully saturated rings. The van der Waals surface area contributed by atoms with Crippen LogP contribution >= 0.6 is 11.6 Å². The van der Waals surface area contributed by atoms with E-state index in [4.69, 9.17) is 16.3 Å². The molecule has 0 bridgehead atoms. The SMILES string of the molecule is CCOc1ccc(S(=O)(=O)N(CC(=O)Nc2ccc(F)c(Cl)c2)Cc2ccccc2)cc1. The second-order valence-electron chi connectivity index (χ2n) is 6.84. The number of nitrogens with zero attached hydrogens (tertiary/aromatic N) is 1. The summed E-state index contributed by atoms with van der Waals surface area (Å²) in [5.41, 5.74) is 0.985. The molecule has 6 nitrogen and oxygen atoms in total. The number of sulfonamides is 1. The van der Waals surface area contributed by atoms with Gasteiger partial charge in [-0.3, -0.25) is 4.79 Å². The van der Waals surface area contributed by atoms with Crippen LogP contribution in [0, 0.1) is 5.82 Å². The van der Waals surface area contributed by atoms with E-state index in [1.54, 1.807) is 36.4 Å². The number of anilines is 1. The molecule has 32 heavy (non-hydrogen) atoms. The van der Waals surface area contributed by atoms with Crippen LogP contribution in [-0.4, -0.2) is 31.8 Å². The molecule has 0 unspecified atom stereocenters. The Kier molecular flexibility index (Phi) is 7.84.